The van der Waals surface area contributed by atoms with E-state index >= 15 is 0 Å². The van der Waals surface area contributed by atoms with Gasteiger partial charge in [0.2, 0.25) is 0 Å². The first kappa shape index (κ1) is 13.7. The van der Waals surface area contributed by atoms with Crippen LogP contribution >= 0.6 is 0 Å². The molecule has 2 amide bonds. The lowest BCUT2D eigenvalue weighted by Crippen LogP contribution is -2.39. The number of hydrogen-bond donors (Lipinski definition) is 0. The number of amides is 2. The van der Waals surface area contributed by atoms with Crippen molar-refractivity contribution in [2.24, 2.45) is 11.3 Å². The third kappa shape index (κ3) is 2.39. The van der Waals surface area contributed by atoms with Crippen LogP contribution in [0.5, 0.6) is 0 Å². The molecule has 3 nitrogen and oxygen atoms in total. The summed E-state index contributed by atoms with van der Waals surface area (Å²) in [5.41, 5.74) is 0.544. The predicted molar refractivity (Wildman–Crippen MR) is 70.7 cm³/mol. The van der Waals surface area contributed by atoms with E-state index in [4.69, 9.17) is 0 Å². The minimum atomic E-state index is -0.545. The Labute approximate surface area is 112 Å². The molecule has 0 fully saturated rings. The van der Waals surface area contributed by atoms with Gasteiger partial charge in [0.25, 0.3) is 11.8 Å². The van der Waals surface area contributed by atoms with Crippen molar-refractivity contribution in [2.75, 3.05) is 13.2 Å². The number of carbonyl (C=O) groups is 2. The van der Waals surface area contributed by atoms with Gasteiger partial charge >= 0.3 is 0 Å². The Hall–Kier alpha value is -1.71. The van der Waals surface area contributed by atoms with Gasteiger partial charge < -0.3 is 0 Å². The van der Waals surface area contributed by atoms with Crippen molar-refractivity contribution in [2.45, 2.75) is 20.8 Å². The van der Waals surface area contributed by atoms with E-state index in [2.05, 4.69) is 0 Å². The van der Waals surface area contributed by atoms with Crippen LogP contribution in [0.4, 0.5) is 4.39 Å². The van der Waals surface area contributed by atoms with Gasteiger partial charge in [0.15, 0.2) is 0 Å². The molecule has 0 aromatic heterocycles. The summed E-state index contributed by atoms with van der Waals surface area (Å²) in [5.74, 6) is -0.985. The predicted octanol–water partition coefficient (Wildman–Crippen LogP) is 2.91. The molecule has 0 radical (unpaired) electrons. The maximum atomic E-state index is 13.1. The molecule has 2 rings (SSSR count). The highest BCUT2D eigenvalue weighted by Gasteiger charge is 2.38. The average Bonchev–Trinajstić information content (AvgIpc) is 2.59. The fraction of sp³-hybridized carbons (Fsp3) is 0.467. The van der Waals surface area contributed by atoms with Gasteiger partial charge in [0.05, 0.1) is 17.8 Å². The second-order valence-electron chi connectivity index (χ2n) is 5.98. The second kappa shape index (κ2) is 4.76. The Bertz CT molecular complexity index is 484. The number of halogens is 1. The molecule has 1 unspecified atom stereocenters. The summed E-state index contributed by atoms with van der Waals surface area (Å²) in [5, 5.41) is 0. The molecule has 1 aromatic rings. The Balaban J connectivity index is 2.25. The summed E-state index contributed by atoms with van der Waals surface area (Å²) in [6.45, 7) is 5.32. The van der Waals surface area contributed by atoms with Gasteiger partial charge in [-0.15, -0.1) is 0 Å². The van der Waals surface area contributed by atoms with Gasteiger partial charge in [-0.25, -0.2) is 0 Å². The highest BCUT2D eigenvalue weighted by atomic mass is 19.1. The number of rotatable bonds is 3. The van der Waals surface area contributed by atoms with Gasteiger partial charge in [-0.3, -0.25) is 18.9 Å². The monoisotopic (exact) mass is 263 g/mol. The molecule has 0 aliphatic carbocycles. The largest absolute Gasteiger partial charge is 0.274 e. The number of nitrogens with zero attached hydrogens (tertiary/aromatic N) is 1. The van der Waals surface area contributed by atoms with E-state index in [1.165, 1.54) is 4.90 Å². The molecule has 1 atom stereocenters. The highest BCUT2D eigenvalue weighted by molar-refractivity contribution is 6.21. The van der Waals surface area contributed by atoms with Crippen LogP contribution in [-0.2, 0) is 0 Å². The first-order valence-electron chi connectivity index (χ1n) is 6.37. The number of fused-ring (bicyclic) bond motifs is 1. The first-order chi connectivity index (χ1) is 8.86. The molecular formula is C15H18FNO2. The standard InChI is InChI=1S/C15H18FNO2/c1-15(2,3)10(8-16)9-17-13(18)11-6-4-5-7-12(11)14(17)19/h4-7,10H,8-9H2,1-3H3. The summed E-state index contributed by atoms with van der Waals surface area (Å²) in [6.07, 6.45) is 0. The van der Waals surface area contributed by atoms with E-state index < -0.39 is 6.67 Å². The lowest BCUT2D eigenvalue weighted by molar-refractivity contribution is 0.0563. The molecule has 0 saturated heterocycles. The van der Waals surface area contributed by atoms with Crippen molar-refractivity contribution in [1.82, 2.24) is 4.90 Å². The molecule has 102 valence electrons. The molecule has 0 saturated carbocycles. The van der Waals surface area contributed by atoms with Crippen molar-refractivity contribution < 1.29 is 14.0 Å². The van der Waals surface area contributed by atoms with Crippen LogP contribution in [0.2, 0.25) is 0 Å². The molecule has 19 heavy (non-hydrogen) atoms. The van der Waals surface area contributed by atoms with Crippen LogP contribution in [0.25, 0.3) is 0 Å². The van der Waals surface area contributed by atoms with E-state index in [1.54, 1.807) is 24.3 Å². The fourth-order valence-electron chi connectivity index (χ4n) is 2.18. The Morgan fingerprint density at radius 1 is 1.11 bits per heavy atom. The van der Waals surface area contributed by atoms with Gasteiger partial charge in [-0.1, -0.05) is 32.9 Å². The number of carbonyl (C=O) groups excluding carboxylic acids is 2. The van der Waals surface area contributed by atoms with Crippen LogP contribution in [0, 0.1) is 11.3 Å². The van der Waals surface area contributed by atoms with Crippen LogP contribution in [0.15, 0.2) is 24.3 Å². The van der Waals surface area contributed by atoms with Crippen LogP contribution in [0.1, 0.15) is 41.5 Å². The van der Waals surface area contributed by atoms with Gasteiger partial charge in [0.1, 0.15) is 0 Å². The number of alkyl halides is 1. The normalized spacial score (nSPS) is 16.7. The van der Waals surface area contributed by atoms with Crippen molar-refractivity contribution in [1.29, 1.82) is 0 Å². The molecule has 4 heteroatoms. The zero-order chi connectivity index (χ0) is 14.2. The molecule has 1 aliphatic rings. The zero-order valence-corrected chi connectivity index (χ0v) is 11.4. The van der Waals surface area contributed by atoms with Crippen molar-refractivity contribution in [3.8, 4) is 0 Å². The van der Waals surface area contributed by atoms with E-state index in [1.807, 2.05) is 20.8 Å². The lowest BCUT2D eigenvalue weighted by atomic mass is 9.81. The summed E-state index contributed by atoms with van der Waals surface area (Å²) < 4.78 is 13.1. The minimum absolute atomic E-state index is 0.131. The van der Waals surface area contributed by atoms with Crippen molar-refractivity contribution in [3.63, 3.8) is 0 Å². The molecule has 0 spiro atoms. The van der Waals surface area contributed by atoms with Crippen molar-refractivity contribution in [3.05, 3.63) is 35.4 Å². The molecule has 0 bridgehead atoms. The van der Waals surface area contributed by atoms with Crippen molar-refractivity contribution >= 4 is 11.8 Å². The summed E-state index contributed by atoms with van der Waals surface area (Å²) >= 11 is 0. The molecule has 0 N–H and O–H groups in total. The van der Waals surface area contributed by atoms with E-state index in [9.17, 15) is 14.0 Å². The maximum absolute atomic E-state index is 13.1. The highest BCUT2D eigenvalue weighted by Crippen LogP contribution is 2.30. The van der Waals surface area contributed by atoms with Gasteiger partial charge in [-0.05, 0) is 17.5 Å². The van der Waals surface area contributed by atoms with Gasteiger partial charge in [-0.2, -0.15) is 0 Å². The van der Waals surface area contributed by atoms with E-state index in [0.717, 1.165) is 0 Å². The topological polar surface area (TPSA) is 37.4 Å². The molecule has 1 aromatic carbocycles. The Morgan fingerprint density at radius 3 is 1.95 bits per heavy atom. The molecule has 1 aliphatic heterocycles. The quantitative estimate of drug-likeness (QED) is 0.786. The van der Waals surface area contributed by atoms with Gasteiger partial charge in [0, 0.05) is 12.5 Å². The molecule has 1 heterocycles. The molecular weight excluding hydrogens is 245 g/mol. The maximum Gasteiger partial charge on any atom is 0.261 e. The second-order valence-corrected chi connectivity index (χ2v) is 5.98. The third-order valence-electron chi connectivity index (χ3n) is 3.69. The summed E-state index contributed by atoms with van der Waals surface area (Å²) in [7, 11) is 0. The Morgan fingerprint density at radius 2 is 1.58 bits per heavy atom. The first-order valence-corrected chi connectivity index (χ1v) is 6.37. The summed E-state index contributed by atoms with van der Waals surface area (Å²) in [4.78, 5) is 25.5. The number of hydrogen-bond acceptors (Lipinski definition) is 2. The lowest BCUT2D eigenvalue weighted by Gasteiger charge is -2.31. The zero-order valence-electron chi connectivity index (χ0n) is 11.4. The van der Waals surface area contributed by atoms with Crippen LogP contribution in [0.3, 0.4) is 0 Å². The average molecular weight is 263 g/mol. The minimum Gasteiger partial charge on any atom is -0.274 e. The number of imide groups is 1. The smallest absolute Gasteiger partial charge is 0.261 e. The van der Waals surface area contributed by atoms with Crippen LogP contribution < -0.4 is 0 Å². The van der Waals surface area contributed by atoms with E-state index in [0.29, 0.717) is 11.1 Å². The summed E-state index contributed by atoms with van der Waals surface area (Å²) in [6, 6.07) is 6.72. The Kier molecular flexibility index (Phi) is 3.43. The number of benzene rings is 1. The van der Waals surface area contributed by atoms with Crippen LogP contribution in [-0.4, -0.2) is 29.9 Å². The third-order valence-corrected chi connectivity index (χ3v) is 3.69. The fourth-order valence-corrected chi connectivity index (χ4v) is 2.18. The van der Waals surface area contributed by atoms with E-state index in [-0.39, 0.29) is 29.7 Å². The SMILES string of the molecule is CC(C)(C)C(CF)CN1C(=O)c2ccccc2C1=O.